The van der Waals surface area contributed by atoms with E-state index in [9.17, 15) is 22.8 Å². The molecule has 0 unspecified atom stereocenters. The third-order valence-corrected chi connectivity index (χ3v) is 11.5. The van der Waals surface area contributed by atoms with Crippen molar-refractivity contribution in [1.82, 2.24) is 55.1 Å². The van der Waals surface area contributed by atoms with Gasteiger partial charge in [0.1, 0.15) is 22.5 Å². The molecule has 18 nitrogen and oxygen atoms in total. The number of anilines is 3. The third-order valence-electron chi connectivity index (χ3n) is 11.5. The van der Waals surface area contributed by atoms with Gasteiger partial charge in [-0.15, -0.1) is 0 Å². The molecule has 2 aliphatic rings. The molecule has 0 spiro atoms. The number of halogens is 3. The molecular weight excluding hydrogens is 894 g/mol. The highest BCUT2D eigenvalue weighted by Gasteiger charge is 2.34. The van der Waals surface area contributed by atoms with E-state index in [4.69, 9.17) is 9.47 Å². The average molecular weight is 941 g/mol. The monoisotopic (exact) mass is 940 g/mol. The topological polar surface area (TPSA) is 217 Å². The van der Waals surface area contributed by atoms with E-state index in [2.05, 4.69) is 71.8 Å². The van der Waals surface area contributed by atoms with Crippen molar-refractivity contribution in [3.63, 3.8) is 0 Å². The Morgan fingerprint density at radius 2 is 1.45 bits per heavy atom. The second kappa shape index (κ2) is 20.4. The molecule has 2 aromatic carbocycles. The number of fused-ring (bicyclic) bond motifs is 2. The van der Waals surface area contributed by atoms with Crippen molar-refractivity contribution in [2.45, 2.75) is 32.2 Å². The van der Waals surface area contributed by atoms with Crippen LogP contribution in [0.5, 0.6) is 0 Å². The maximum atomic E-state index is 14.7. The summed E-state index contributed by atoms with van der Waals surface area (Å²) in [6, 6.07) is 17.7. The lowest BCUT2D eigenvalue weighted by molar-refractivity contribution is -0.0568. The molecule has 0 saturated carbocycles. The van der Waals surface area contributed by atoms with Gasteiger partial charge in [-0.1, -0.05) is 6.07 Å². The van der Waals surface area contributed by atoms with Gasteiger partial charge in [-0.05, 0) is 72.6 Å². The standard InChI is InChI=1S/C25H25F2N7O2.C23H22FN7O2/c1-2-36-24(35)33-23-31-20-13-17(12-19(21(20)32-23)22-28-8-3-9-29-22)16-4-5-18(30-14-16)15-34-10-6-25(26,27)7-11-34;1-25-23(32)30-22-28-19-11-14(10-17(21(19)29-22)20-18(24)3-2-4-27-20)15-9-16(13-26-12-15)31-5-7-33-8-6-31/h3-5,8-9,12-14H,2,6-7,10-11,15H2,1H3,(H2,31,32,33,35);2-4,9-13H,5-8H2,1H3,(H3,25,28,29,30,32). The molecule has 8 heterocycles. The number of morpholine rings is 1. The van der Waals surface area contributed by atoms with E-state index in [0.29, 0.717) is 71.9 Å². The second-order valence-electron chi connectivity index (χ2n) is 16.2. The zero-order valence-corrected chi connectivity index (χ0v) is 37.6. The summed E-state index contributed by atoms with van der Waals surface area (Å²) in [6.45, 7) is 6.15. The van der Waals surface area contributed by atoms with Crippen LogP contribution in [-0.2, 0) is 16.0 Å². The van der Waals surface area contributed by atoms with Gasteiger partial charge in [-0.2, -0.15) is 0 Å². The maximum absolute atomic E-state index is 14.7. The number of likely N-dealkylation sites (tertiary alicyclic amines) is 1. The molecule has 10 rings (SSSR count). The third kappa shape index (κ3) is 10.9. The van der Waals surface area contributed by atoms with Crippen LogP contribution >= 0.6 is 0 Å². The summed E-state index contributed by atoms with van der Waals surface area (Å²) < 4.78 is 52.0. The van der Waals surface area contributed by atoms with Crippen molar-refractivity contribution >= 4 is 51.8 Å². The molecule has 0 aliphatic carbocycles. The lowest BCUT2D eigenvalue weighted by atomic mass is 10.0. The summed E-state index contributed by atoms with van der Waals surface area (Å²) in [7, 11) is 1.51. The molecule has 0 atom stereocenters. The Labute approximate surface area is 393 Å². The number of urea groups is 1. The summed E-state index contributed by atoms with van der Waals surface area (Å²) >= 11 is 0. The van der Waals surface area contributed by atoms with Crippen LogP contribution in [0.4, 0.5) is 40.3 Å². The van der Waals surface area contributed by atoms with Crippen molar-refractivity contribution in [1.29, 1.82) is 0 Å². The fourth-order valence-corrected chi connectivity index (χ4v) is 8.03. The number of pyridine rings is 3. The number of nitrogens with zero attached hydrogens (tertiary/aromatic N) is 9. The normalized spacial score (nSPS) is 14.8. The molecule has 2 fully saturated rings. The van der Waals surface area contributed by atoms with E-state index in [-0.39, 0.29) is 37.0 Å². The fraction of sp³-hybridized carbons (Fsp3) is 0.271. The number of hydrogen-bond acceptors (Lipinski definition) is 13. The number of amides is 3. The Hall–Kier alpha value is -8.04. The Balaban J connectivity index is 0.000000172. The highest BCUT2D eigenvalue weighted by molar-refractivity contribution is 5.99. The summed E-state index contributed by atoms with van der Waals surface area (Å²) in [6.07, 6.45) is 9.35. The first-order chi connectivity index (χ1) is 33.5. The molecule has 2 aliphatic heterocycles. The highest BCUT2D eigenvalue weighted by atomic mass is 19.3. The van der Waals surface area contributed by atoms with Crippen LogP contribution in [0.2, 0.25) is 0 Å². The Morgan fingerprint density at radius 3 is 2.13 bits per heavy atom. The first-order valence-electron chi connectivity index (χ1n) is 22.2. The number of hydrogen-bond donors (Lipinski definition) is 5. The van der Waals surface area contributed by atoms with Crippen LogP contribution in [0.25, 0.3) is 67.0 Å². The summed E-state index contributed by atoms with van der Waals surface area (Å²) in [5.74, 6) is -2.03. The maximum Gasteiger partial charge on any atom is 0.413 e. The van der Waals surface area contributed by atoms with Gasteiger partial charge in [-0.3, -0.25) is 30.5 Å². The highest BCUT2D eigenvalue weighted by Crippen LogP contribution is 2.36. The van der Waals surface area contributed by atoms with Gasteiger partial charge in [0.2, 0.25) is 11.9 Å². The van der Waals surface area contributed by atoms with Crippen molar-refractivity contribution < 1.29 is 32.2 Å². The van der Waals surface area contributed by atoms with Crippen LogP contribution < -0.4 is 20.9 Å². The minimum Gasteiger partial charge on any atom is -0.450 e. The van der Waals surface area contributed by atoms with Crippen molar-refractivity contribution in [3.8, 4) is 44.9 Å². The molecule has 0 bridgehead atoms. The zero-order valence-electron chi connectivity index (χ0n) is 37.6. The van der Waals surface area contributed by atoms with E-state index >= 15 is 0 Å². The molecule has 2 saturated heterocycles. The van der Waals surface area contributed by atoms with Crippen LogP contribution in [0.3, 0.4) is 0 Å². The lowest BCUT2D eigenvalue weighted by Crippen LogP contribution is -2.38. The van der Waals surface area contributed by atoms with Gasteiger partial charge >= 0.3 is 12.1 Å². The van der Waals surface area contributed by atoms with Gasteiger partial charge in [0.05, 0.1) is 48.4 Å². The number of carbonyl (C=O) groups is 2. The number of imidazole rings is 2. The van der Waals surface area contributed by atoms with Gasteiger partial charge in [-0.25, -0.2) is 42.7 Å². The fourth-order valence-electron chi connectivity index (χ4n) is 8.03. The molecule has 21 heteroatoms. The quantitative estimate of drug-likeness (QED) is 0.0873. The number of ether oxygens (including phenoxy) is 2. The largest absolute Gasteiger partial charge is 0.450 e. The molecule has 69 heavy (non-hydrogen) atoms. The van der Waals surface area contributed by atoms with Crippen molar-refractivity contribution in [2.24, 2.45) is 0 Å². The number of aromatic nitrogens is 9. The van der Waals surface area contributed by atoms with Crippen LogP contribution in [0.1, 0.15) is 25.5 Å². The number of aromatic amines is 2. The predicted molar refractivity (Wildman–Crippen MR) is 254 cm³/mol. The SMILES string of the molecule is CCOC(=O)Nc1nc2c(-c3ncccn3)cc(-c3ccc(CN4CCC(F)(F)CC4)nc3)cc2[nH]1.CNC(=O)Nc1nc2c(-c3ncccc3F)cc(-c3cncc(N4CCOCC4)c3)cc2[nH]1. The number of benzene rings is 2. The van der Waals surface area contributed by atoms with E-state index in [1.165, 1.54) is 19.3 Å². The number of alkyl halides is 2. The minimum absolute atomic E-state index is 0.118. The molecule has 354 valence electrons. The van der Waals surface area contributed by atoms with E-state index in [1.807, 2.05) is 47.5 Å². The summed E-state index contributed by atoms with van der Waals surface area (Å²) in [5, 5.41) is 7.70. The smallest absolute Gasteiger partial charge is 0.413 e. The van der Waals surface area contributed by atoms with E-state index < -0.39 is 23.9 Å². The number of H-pyrrole nitrogens is 2. The minimum atomic E-state index is -2.56. The number of carbonyl (C=O) groups excluding carboxylic acids is 2. The first kappa shape index (κ1) is 46.1. The van der Waals surface area contributed by atoms with Gasteiger partial charge < -0.3 is 29.7 Å². The van der Waals surface area contributed by atoms with Gasteiger partial charge in [0.15, 0.2) is 5.82 Å². The molecule has 0 radical (unpaired) electrons. The van der Waals surface area contributed by atoms with Crippen LogP contribution in [-0.4, -0.2) is 121 Å². The first-order valence-corrected chi connectivity index (χ1v) is 22.2. The van der Waals surface area contributed by atoms with Crippen LogP contribution in [0, 0.1) is 5.82 Å². The molecule has 5 N–H and O–H groups in total. The Bertz CT molecular complexity index is 3080. The van der Waals surface area contributed by atoms with E-state index in [1.54, 1.807) is 43.8 Å². The number of piperidine rings is 1. The van der Waals surface area contributed by atoms with Gasteiger partial charge in [0, 0.05) is 106 Å². The predicted octanol–water partition coefficient (Wildman–Crippen LogP) is 8.30. The molecule has 8 aromatic rings. The molecule has 6 aromatic heterocycles. The lowest BCUT2D eigenvalue weighted by Gasteiger charge is -2.31. The second-order valence-corrected chi connectivity index (χ2v) is 16.2. The van der Waals surface area contributed by atoms with Gasteiger partial charge in [0.25, 0.3) is 5.92 Å². The van der Waals surface area contributed by atoms with Crippen molar-refractivity contribution in [3.05, 3.63) is 109 Å². The van der Waals surface area contributed by atoms with E-state index in [0.717, 1.165) is 46.7 Å². The van der Waals surface area contributed by atoms with Crippen LogP contribution in [0.15, 0.2) is 97.8 Å². The molecular formula is C48H47F3N14O4. The molecule has 3 amide bonds. The summed E-state index contributed by atoms with van der Waals surface area (Å²) in [5.41, 5.74) is 9.01. The zero-order chi connectivity index (χ0) is 47.9. The number of rotatable bonds is 10. The number of nitrogens with one attached hydrogen (secondary N) is 5. The van der Waals surface area contributed by atoms with Crippen molar-refractivity contribution in [2.75, 3.05) is 68.6 Å². The Kier molecular flexibility index (Phi) is 13.7. The summed E-state index contributed by atoms with van der Waals surface area (Å²) in [4.78, 5) is 65.0. The Morgan fingerprint density at radius 1 is 0.768 bits per heavy atom. The average Bonchev–Trinajstić information content (AvgIpc) is 3.98.